The molecule has 1 aliphatic rings. The summed E-state index contributed by atoms with van der Waals surface area (Å²) in [5, 5.41) is 20.1. The fraction of sp³-hybridized carbons (Fsp3) is 0.727. The normalized spacial score (nSPS) is 20.9. The molecule has 7 heteroatoms. The smallest absolute Gasteiger partial charge is 0.317 e. The highest BCUT2D eigenvalue weighted by molar-refractivity contribution is 5.76. The van der Waals surface area contributed by atoms with Gasteiger partial charge in [0.1, 0.15) is 0 Å². The Morgan fingerprint density at radius 2 is 2.39 bits per heavy atom. The molecule has 7 nitrogen and oxygen atoms in total. The molecule has 2 N–H and O–H groups in total. The number of amides is 2. The SMILES string of the molecule is CCC(CC(=O)O)NC(=O)N1CCOC(C#N)C1. The monoisotopic (exact) mass is 255 g/mol. The molecule has 18 heavy (non-hydrogen) atoms. The van der Waals surface area contributed by atoms with Crippen LogP contribution in [0.5, 0.6) is 0 Å². The summed E-state index contributed by atoms with van der Waals surface area (Å²) < 4.78 is 5.13. The molecule has 2 atom stereocenters. The average molecular weight is 255 g/mol. The zero-order chi connectivity index (χ0) is 13.5. The summed E-state index contributed by atoms with van der Waals surface area (Å²) in [4.78, 5) is 23.9. The Balaban J connectivity index is 2.48. The molecule has 0 aromatic rings. The maximum Gasteiger partial charge on any atom is 0.317 e. The van der Waals surface area contributed by atoms with E-state index in [1.165, 1.54) is 4.90 Å². The van der Waals surface area contributed by atoms with Gasteiger partial charge in [0.15, 0.2) is 6.10 Å². The lowest BCUT2D eigenvalue weighted by Crippen LogP contribution is -2.51. The van der Waals surface area contributed by atoms with Crippen molar-refractivity contribution in [3.63, 3.8) is 0 Å². The molecule has 2 unspecified atom stereocenters. The Morgan fingerprint density at radius 3 is 2.94 bits per heavy atom. The second-order valence-corrected chi connectivity index (χ2v) is 4.09. The molecule has 2 amide bonds. The molecule has 0 aliphatic carbocycles. The number of hydrogen-bond donors (Lipinski definition) is 2. The number of carboxylic acid groups (broad SMARTS) is 1. The van der Waals surface area contributed by atoms with Gasteiger partial charge in [-0.1, -0.05) is 6.92 Å². The van der Waals surface area contributed by atoms with Gasteiger partial charge in [-0.15, -0.1) is 0 Å². The van der Waals surface area contributed by atoms with Crippen molar-refractivity contribution in [2.45, 2.75) is 31.9 Å². The molecule has 1 rings (SSSR count). The minimum atomic E-state index is -0.945. The molecule has 0 saturated carbocycles. The van der Waals surface area contributed by atoms with Crippen molar-refractivity contribution in [1.29, 1.82) is 5.26 Å². The molecule has 0 aromatic carbocycles. The number of nitriles is 1. The number of aliphatic carboxylic acids is 1. The molecule has 1 heterocycles. The average Bonchev–Trinajstić information content (AvgIpc) is 2.37. The molecular formula is C11H17N3O4. The van der Waals surface area contributed by atoms with Crippen LogP contribution in [-0.4, -0.2) is 53.8 Å². The predicted octanol–water partition coefficient (Wildman–Crippen LogP) is 0.174. The van der Waals surface area contributed by atoms with Gasteiger partial charge in [-0.25, -0.2) is 4.79 Å². The van der Waals surface area contributed by atoms with E-state index in [9.17, 15) is 9.59 Å². The number of nitrogens with zero attached hydrogens (tertiary/aromatic N) is 2. The molecule has 0 bridgehead atoms. The first-order chi connectivity index (χ1) is 8.56. The Labute approximate surface area is 105 Å². The highest BCUT2D eigenvalue weighted by Crippen LogP contribution is 2.06. The van der Waals surface area contributed by atoms with Crippen LogP contribution >= 0.6 is 0 Å². The number of hydrogen-bond acceptors (Lipinski definition) is 4. The second-order valence-electron chi connectivity index (χ2n) is 4.09. The number of nitrogens with one attached hydrogen (secondary N) is 1. The highest BCUT2D eigenvalue weighted by Gasteiger charge is 2.25. The summed E-state index contributed by atoms with van der Waals surface area (Å²) in [5.41, 5.74) is 0. The van der Waals surface area contributed by atoms with Crippen LogP contribution in [0, 0.1) is 11.3 Å². The van der Waals surface area contributed by atoms with Crippen molar-refractivity contribution in [3.8, 4) is 6.07 Å². The first-order valence-electron chi connectivity index (χ1n) is 5.85. The first-order valence-corrected chi connectivity index (χ1v) is 5.85. The molecule has 0 aromatic heterocycles. The van der Waals surface area contributed by atoms with Gasteiger partial charge in [-0.05, 0) is 6.42 Å². The fourth-order valence-corrected chi connectivity index (χ4v) is 1.69. The second kappa shape index (κ2) is 6.81. The van der Waals surface area contributed by atoms with Gasteiger partial charge in [-0.3, -0.25) is 4.79 Å². The van der Waals surface area contributed by atoms with E-state index in [0.717, 1.165) is 0 Å². The molecule has 1 fully saturated rings. The largest absolute Gasteiger partial charge is 0.481 e. The molecule has 1 saturated heterocycles. The molecule has 0 radical (unpaired) electrons. The van der Waals surface area contributed by atoms with Crippen LogP contribution in [0.1, 0.15) is 19.8 Å². The number of carboxylic acids is 1. The van der Waals surface area contributed by atoms with Crippen LogP contribution in [-0.2, 0) is 9.53 Å². The third kappa shape index (κ3) is 4.22. The van der Waals surface area contributed by atoms with Crippen molar-refractivity contribution in [1.82, 2.24) is 10.2 Å². The van der Waals surface area contributed by atoms with Crippen molar-refractivity contribution in [2.75, 3.05) is 19.7 Å². The topological polar surface area (TPSA) is 103 Å². The van der Waals surface area contributed by atoms with E-state index in [-0.39, 0.29) is 19.0 Å². The number of ether oxygens (including phenoxy) is 1. The molecular weight excluding hydrogens is 238 g/mol. The van der Waals surface area contributed by atoms with E-state index in [1.54, 1.807) is 0 Å². The van der Waals surface area contributed by atoms with E-state index < -0.39 is 18.1 Å². The number of carbonyl (C=O) groups is 2. The van der Waals surface area contributed by atoms with Crippen molar-refractivity contribution in [2.24, 2.45) is 0 Å². The maximum absolute atomic E-state index is 11.9. The Hall–Kier alpha value is -1.81. The quantitative estimate of drug-likeness (QED) is 0.745. The minimum absolute atomic E-state index is 0.103. The van der Waals surface area contributed by atoms with Gasteiger partial charge in [0.25, 0.3) is 0 Å². The van der Waals surface area contributed by atoms with E-state index >= 15 is 0 Å². The third-order valence-electron chi connectivity index (χ3n) is 2.74. The number of morpholine rings is 1. The van der Waals surface area contributed by atoms with E-state index in [2.05, 4.69) is 5.32 Å². The summed E-state index contributed by atoms with van der Waals surface area (Å²) >= 11 is 0. The van der Waals surface area contributed by atoms with E-state index in [1.807, 2.05) is 13.0 Å². The van der Waals surface area contributed by atoms with Gasteiger partial charge in [0.2, 0.25) is 0 Å². The maximum atomic E-state index is 11.9. The third-order valence-corrected chi connectivity index (χ3v) is 2.74. The van der Waals surface area contributed by atoms with Gasteiger partial charge in [-0.2, -0.15) is 5.26 Å². The predicted molar refractivity (Wildman–Crippen MR) is 61.8 cm³/mol. The molecule has 0 spiro atoms. The van der Waals surface area contributed by atoms with Crippen LogP contribution in [0.25, 0.3) is 0 Å². The van der Waals surface area contributed by atoms with Crippen LogP contribution in [0.4, 0.5) is 4.79 Å². The first kappa shape index (κ1) is 14.3. The van der Waals surface area contributed by atoms with Crippen molar-refractivity contribution in [3.05, 3.63) is 0 Å². The van der Waals surface area contributed by atoms with E-state index in [4.69, 9.17) is 15.1 Å². The van der Waals surface area contributed by atoms with Gasteiger partial charge in [0, 0.05) is 12.6 Å². The number of carbonyl (C=O) groups excluding carboxylic acids is 1. The summed E-state index contributed by atoms with van der Waals surface area (Å²) in [6, 6.07) is 1.22. The summed E-state index contributed by atoms with van der Waals surface area (Å²) in [5.74, 6) is -0.945. The van der Waals surface area contributed by atoms with Gasteiger partial charge < -0.3 is 20.1 Å². The Morgan fingerprint density at radius 1 is 1.67 bits per heavy atom. The highest BCUT2D eigenvalue weighted by atomic mass is 16.5. The lowest BCUT2D eigenvalue weighted by atomic mass is 10.1. The molecule has 1 aliphatic heterocycles. The van der Waals surface area contributed by atoms with Gasteiger partial charge >= 0.3 is 12.0 Å². The fourth-order valence-electron chi connectivity index (χ4n) is 1.69. The molecule has 100 valence electrons. The lowest BCUT2D eigenvalue weighted by Gasteiger charge is -2.31. The van der Waals surface area contributed by atoms with Crippen LogP contribution < -0.4 is 5.32 Å². The summed E-state index contributed by atoms with van der Waals surface area (Å²) in [7, 11) is 0. The number of rotatable bonds is 4. The van der Waals surface area contributed by atoms with Crippen LogP contribution in [0.3, 0.4) is 0 Å². The van der Waals surface area contributed by atoms with E-state index in [0.29, 0.717) is 19.6 Å². The zero-order valence-corrected chi connectivity index (χ0v) is 10.3. The summed E-state index contributed by atoms with van der Waals surface area (Å²) in [6.07, 6.45) is -0.165. The van der Waals surface area contributed by atoms with Crippen molar-refractivity contribution >= 4 is 12.0 Å². The zero-order valence-electron chi connectivity index (χ0n) is 10.3. The Bertz CT molecular complexity index is 353. The summed E-state index contributed by atoms with van der Waals surface area (Å²) in [6.45, 7) is 2.76. The Kier molecular flexibility index (Phi) is 5.39. The standard InChI is InChI=1S/C11H17N3O4/c1-2-8(5-10(15)16)13-11(17)14-3-4-18-9(6-12)7-14/h8-9H,2-5,7H2,1H3,(H,13,17)(H,15,16). The van der Waals surface area contributed by atoms with Crippen molar-refractivity contribution < 1.29 is 19.4 Å². The minimum Gasteiger partial charge on any atom is -0.481 e. The van der Waals surface area contributed by atoms with Crippen LogP contribution in [0.15, 0.2) is 0 Å². The van der Waals surface area contributed by atoms with Gasteiger partial charge in [0.05, 0.1) is 25.6 Å². The van der Waals surface area contributed by atoms with Crippen LogP contribution in [0.2, 0.25) is 0 Å². The number of urea groups is 1. The lowest BCUT2D eigenvalue weighted by molar-refractivity contribution is -0.137.